The lowest BCUT2D eigenvalue weighted by molar-refractivity contribution is -0.139. The van der Waals surface area contributed by atoms with Crippen LogP contribution >= 0.6 is 0 Å². The number of amides is 1. The van der Waals surface area contributed by atoms with Crippen LogP contribution in [0.25, 0.3) is 5.76 Å². The van der Waals surface area contributed by atoms with Gasteiger partial charge in [-0.1, -0.05) is 6.07 Å². The third-order valence-electron chi connectivity index (χ3n) is 5.85. The van der Waals surface area contributed by atoms with Gasteiger partial charge in [0.05, 0.1) is 31.4 Å². The highest BCUT2D eigenvalue weighted by atomic mass is 16.5. The molecule has 1 atom stereocenters. The van der Waals surface area contributed by atoms with Gasteiger partial charge >= 0.3 is 0 Å². The number of ether oxygens (including phenoxy) is 3. The van der Waals surface area contributed by atoms with Crippen molar-refractivity contribution < 1.29 is 28.9 Å². The van der Waals surface area contributed by atoms with Gasteiger partial charge in [0.15, 0.2) is 11.5 Å². The second kappa shape index (κ2) is 11.9. The molecule has 0 radical (unpaired) electrons. The SMILES string of the molecule is CCOc1ccc([C@@H]2/C(=C(\O)c3ccc(OC(C)C)cc3)C(=O)C(=O)N2CCCN(C)C)cc1OC. The number of carbonyl (C=O) groups excluding carboxylic acids is 2. The van der Waals surface area contributed by atoms with Crippen molar-refractivity contribution in [3.63, 3.8) is 0 Å². The minimum atomic E-state index is -0.761. The maximum atomic E-state index is 13.2. The lowest BCUT2D eigenvalue weighted by Gasteiger charge is -2.26. The molecule has 0 unspecified atom stereocenters. The van der Waals surface area contributed by atoms with Crippen molar-refractivity contribution in [1.82, 2.24) is 9.80 Å². The molecule has 2 aromatic carbocycles. The van der Waals surface area contributed by atoms with Crippen LogP contribution in [0.5, 0.6) is 17.2 Å². The fourth-order valence-electron chi connectivity index (χ4n) is 4.26. The minimum Gasteiger partial charge on any atom is -0.507 e. The Morgan fingerprint density at radius 1 is 1.08 bits per heavy atom. The van der Waals surface area contributed by atoms with Gasteiger partial charge in [-0.15, -0.1) is 0 Å². The van der Waals surface area contributed by atoms with E-state index in [0.717, 1.165) is 6.54 Å². The summed E-state index contributed by atoms with van der Waals surface area (Å²) in [5, 5.41) is 11.3. The molecule has 0 bridgehead atoms. The Morgan fingerprint density at radius 2 is 1.78 bits per heavy atom. The number of aliphatic hydroxyl groups is 1. The summed E-state index contributed by atoms with van der Waals surface area (Å²) < 4.78 is 16.8. The molecule has 194 valence electrons. The molecule has 1 saturated heterocycles. The Morgan fingerprint density at radius 3 is 2.36 bits per heavy atom. The number of Topliss-reactive ketones (excluding diaryl/α,β-unsaturated/α-hetero) is 1. The molecule has 0 aromatic heterocycles. The number of rotatable bonds is 11. The minimum absolute atomic E-state index is 0.00609. The first-order valence-electron chi connectivity index (χ1n) is 12.2. The van der Waals surface area contributed by atoms with Crippen LogP contribution in [0.15, 0.2) is 48.0 Å². The van der Waals surface area contributed by atoms with Crippen molar-refractivity contribution in [1.29, 1.82) is 0 Å². The van der Waals surface area contributed by atoms with Gasteiger partial charge in [0.1, 0.15) is 11.5 Å². The van der Waals surface area contributed by atoms with Crippen molar-refractivity contribution >= 4 is 17.4 Å². The molecular weight excluding hydrogens is 460 g/mol. The van der Waals surface area contributed by atoms with E-state index in [0.29, 0.717) is 47.9 Å². The summed E-state index contributed by atoms with van der Waals surface area (Å²) in [6, 6.07) is 11.4. The zero-order valence-corrected chi connectivity index (χ0v) is 21.9. The van der Waals surface area contributed by atoms with Crippen molar-refractivity contribution in [2.45, 2.75) is 39.3 Å². The molecule has 1 aliphatic heterocycles. The highest BCUT2D eigenvalue weighted by Crippen LogP contribution is 2.42. The number of nitrogens with zero attached hydrogens (tertiary/aromatic N) is 2. The Balaban J connectivity index is 2.09. The molecule has 1 N–H and O–H groups in total. The number of carbonyl (C=O) groups is 2. The predicted molar refractivity (Wildman–Crippen MR) is 139 cm³/mol. The topological polar surface area (TPSA) is 88.5 Å². The van der Waals surface area contributed by atoms with Crippen LogP contribution in [-0.2, 0) is 9.59 Å². The summed E-state index contributed by atoms with van der Waals surface area (Å²) in [6.07, 6.45) is 0.679. The highest BCUT2D eigenvalue weighted by Gasteiger charge is 2.46. The molecule has 8 nitrogen and oxygen atoms in total. The molecule has 0 aliphatic carbocycles. The van der Waals surface area contributed by atoms with E-state index in [1.54, 1.807) is 42.5 Å². The van der Waals surface area contributed by atoms with E-state index >= 15 is 0 Å². The second-order valence-corrected chi connectivity index (χ2v) is 9.18. The van der Waals surface area contributed by atoms with E-state index in [4.69, 9.17) is 14.2 Å². The average Bonchev–Trinajstić information content (AvgIpc) is 3.09. The Kier molecular flexibility index (Phi) is 8.98. The smallest absolute Gasteiger partial charge is 0.295 e. The first kappa shape index (κ1) is 27.1. The van der Waals surface area contributed by atoms with E-state index in [-0.39, 0.29) is 17.4 Å². The van der Waals surface area contributed by atoms with Gasteiger partial charge in [-0.25, -0.2) is 0 Å². The number of likely N-dealkylation sites (tertiary alicyclic amines) is 1. The van der Waals surface area contributed by atoms with Crippen LogP contribution in [-0.4, -0.2) is 73.6 Å². The van der Waals surface area contributed by atoms with Crippen LogP contribution in [0.3, 0.4) is 0 Å². The maximum absolute atomic E-state index is 13.2. The molecular formula is C28H36N2O6. The Hall–Kier alpha value is -3.52. The number of benzene rings is 2. The summed E-state index contributed by atoms with van der Waals surface area (Å²) in [6.45, 7) is 7.31. The molecule has 36 heavy (non-hydrogen) atoms. The van der Waals surface area contributed by atoms with Gasteiger partial charge in [0.25, 0.3) is 11.7 Å². The molecule has 8 heteroatoms. The van der Waals surface area contributed by atoms with Gasteiger partial charge in [-0.05, 0) is 89.8 Å². The fraction of sp³-hybridized carbons (Fsp3) is 0.429. The normalized spacial score (nSPS) is 17.2. The van der Waals surface area contributed by atoms with Crippen molar-refractivity contribution in [3.8, 4) is 17.2 Å². The summed E-state index contributed by atoms with van der Waals surface area (Å²) in [5.41, 5.74) is 1.13. The first-order valence-corrected chi connectivity index (χ1v) is 12.2. The summed E-state index contributed by atoms with van der Waals surface area (Å²) in [7, 11) is 5.45. The molecule has 1 fully saturated rings. The number of aliphatic hydroxyl groups excluding tert-OH is 1. The van der Waals surface area contributed by atoms with E-state index in [2.05, 4.69) is 0 Å². The molecule has 1 aliphatic rings. The monoisotopic (exact) mass is 496 g/mol. The lowest BCUT2D eigenvalue weighted by Crippen LogP contribution is -2.32. The van der Waals surface area contributed by atoms with Crippen LogP contribution in [0.2, 0.25) is 0 Å². The van der Waals surface area contributed by atoms with Crippen LogP contribution in [0.4, 0.5) is 0 Å². The van der Waals surface area contributed by atoms with E-state index in [9.17, 15) is 14.7 Å². The number of methoxy groups -OCH3 is 1. The Labute approximate surface area is 213 Å². The number of hydrogen-bond acceptors (Lipinski definition) is 7. The van der Waals surface area contributed by atoms with Crippen LogP contribution < -0.4 is 14.2 Å². The zero-order chi connectivity index (χ0) is 26.4. The second-order valence-electron chi connectivity index (χ2n) is 9.18. The van der Waals surface area contributed by atoms with Crippen molar-refractivity contribution in [2.24, 2.45) is 0 Å². The highest BCUT2D eigenvalue weighted by molar-refractivity contribution is 6.46. The maximum Gasteiger partial charge on any atom is 0.295 e. The molecule has 0 saturated carbocycles. The van der Waals surface area contributed by atoms with Gasteiger partial charge in [0.2, 0.25) is 0 Å². The van der Waals surface area contributed by atoms with Gasteiger partial charge in [-0.3, -0.25) is 9.59 Å². The van der Waals surface area contributed by atoms with Crippen LogP contribution in [0, 0.1) is 0 Å². The average molecular weight is 497 g/mol. The largest absolute Gasteiger partial charge is 0.507 e. The standard InChI is InChI=1S/C28H36N2O6/c1-7-35-22-14-11-20(17-23(22)34-6)25-24(27(32)28(33)30(25)16-8-15-29(4)5)26(31)19-9-12-21(13-10-19)36-18(2)3/h9-14,17-18,25,31H,7-8,15-16H2,1-6H3/b26-24+/t25-/m1/s1. The van der Waals surface area contributed by atoms with E-state index in [1.807, 2.05) is 39.8 Å². The quantitative estimate of drug-likeness (QED) is 0.283. The molecule has 1 amide bonds. The third kappa shape index (κ3) is 5.99. The fourth-order valence-corrected chi connectivity index (χ4v) is 4.26. The number of ketones is 1. The predicted octanol–water partition coefficient (Wildman–Crippen LogP) is 4.25. The molecule has 3 rings (SSSR count). The van der Waals surface area contributed by atoms with Crippen molar-refractivity contribution in [2.75, 3.05) is 40.9 Å². The molecule has 1 heterocycles. The third-order valence-corrected chi connectivity index (χ3v) is 5.85. The number of hydrogen-bond donors (Lipinski definition) is 1. The summed E-state index contributed by atoms with van der Waals surface area (Å²) in [4.78, 5) is 29.9. The zero-order valence-electron chi connectivity index (χ0n) is 21.9. The van der Waals surface area contributed by atoms with Crippen LogP contribution in [0.1, 0.15) is 44.4 Å². The summed E-state index contributed by atoms with van der Waals surface area (Å²) in [5.74, 6) is 0.138. The Bertz CT molecular complexity index is 1110. The summed E-state index contributed by atoms with van der Waals surface area (Å²) >= 11 is 0. The van der Waals surface area contributed by atoms with E-state index < -0.39 is 17.7 Å². The van der Waals surface area contributed by atoms with Gasteiger partial charge in [0, 0.05) is 12.1 Å². The molecule has 0 spiro atoms. The lowest BCUT2D eigenvalue weighted by atomic mass is 9.95. The van der Waals surface area contributed by atoms with Gasteiger partial charge < -0.3 is 29.1 Å². The van der Waals surface area contributed by atoms with Gasteiger partial charge in [-0.2, -0.15) is 0 Å². The molecule has 2 aromatic rings. The van der Waals surface area contributed by atoms with E-state index in [1.165, 1.54) is 12.0 Å². The first-order chi connectivity index (χ1) is 17.2. The van der Waals surface area contributed by atoms with Crippen molar-refractivity contribution in [3.05, 3.63) is 59.2 Å².